The number of nitrogens with zero attached hydrogens (tertiary/aromatic N) is 1. The Hall–Kier alpha value is -2.15. The lowest BCUT2D eigenvalue weighted by Gasteiger charge is -2.19. The molecule has 2 atom stereocenters. The van der Waals surface area contributed by atoms with Crippen molar-refractivity contribution >= 4 is 17.7 Å². The van der Waals surface area contributed by atoms with Gasteiger partial charge in [-0.1, -0.05) is 24.6 Å². The van der Waals surface area contributed by atoms with Crippen LogP contribution in [0.2, 0.25) is 0 Å². The van der Waals surface area contributed by atoms with Gasteiger partial charge in [0.05, 0.1) is 6.61 Å². The third-order valence-corrected chi connectivity index (χ3v) is 3.05. The predicted octanol–water partition coefficient (Wildman–Crippen LogP) is 2.61. The highest BCUT2D eigenvalue weighted by Gasteiger charge is 2.26. The highest BCUT2D eigenvalue weighted by atomic mass is 16.6. The third kappa shape index (κ3) is 6.65. The fourth-order valence-corrected chi connectivity index (χ4v) is 1.78. The second-order valence-electron chi connectivity index (χ2n) is 5.14. The van der Waals surface area contributed by atoms with Gasteiger partial charge in [-0.2, -0.15) is 0 Å². The van der Waals surface area contributed by atoms with Crippen LogP contribution < -0.4 is 5.32 Å². The SMILES string of the molecule is C=CCOC(C)C(=O)OC(CCCC)C(=O)Nc1cc(C)on1. The lowest BCUT2D eigenvalue weighted by Crippen LogP contribution is -2.36. The molecule has 1 amide bonds. The molecule has 0 aliphatic heterocycles. The molecule has 23 heavy (non-hydrogen) atoms. The summed E-state index contributed by atoms with van der Waals surface area (Å²) in [5.74, 6) is -0.148. The van der Waals surface area contributed by atoms with Gasteiger partial charge in [0.1, 0.15) is 5.76 Å². The number of anilines is 1. The van der Waals surface area contributed by atoms with Gasteiger partial charge in [-0.05, 0) is 26.7 Å². The minimum atomic E-state index is -0.894. The number of nitrogens with one attached hydrogen (secondary N) is 1. The molecule has 0 aromatic carbocycles. The average molecular weight is 324 g/mol. The zero-order valence-corrected chi connectivity index (χ0v) is 13.8. The second-order valence-corrected chi connectivity index (χ2v) is 5.14. The summed E-state index contributed by atoms with van der Waals surface area (Å²) in [5, 5.41) is 6.27. The molecule has 0 bridgehead atoms. The van der Waals surface area contributed by atoms with E-state index in [-0.39, 0.29) is 6.61 Å². The minimum absolute atomic E-state index is 0.236. The van der Waals surface area contributed by atoms with Crippen molar-refractivity contribution in [3.8, 4) is 0 Å². The Labute approximate surface area is 136 Å². The molecule has 1 N–H and O–H groups in total. The van der Waals surface area contributed by atoms with E-state index >= 15 is 0 Å². The second kappa shape index (κ2) is 9.78. The number of carbonyl (C=O) groups excluding carboxylic acids is 2. The van der Waals surface area contributed by atoms with Crippen molar-refractivity contribution in [1.82, 2.24) is 5.16 Å². The molecule has 7 nitrogen and oxygen atoms in total. The van der Waals surface area contributed by atoms with Crippen LogP contribution in [-0.4, -0.2) is 35.8 Å². The molecule has 7 heteroatoms. The molecule has 1 heterocycles. The Morgan fingerprint density at radius 1 is 1.52 bits per heavy atom. The van der Waals surface area contributed by atoms with E-state index in [1.165, 1.54) is 6.08 Å². The number of aromatic nitrogens is 1. The summed E-state index contributed by atoms with van der Waals surface area (Å²) in [6, 6.07) is 1.59. The smallest absolute Gasteiger partial charge is 0.335 e. The molecule has 128 valence electrons. The number of ether oxygens (including phenoxy) is 2. The van der Waals surface area contributed by atoms with Gasteiger partial charge < -0.3 is 19.3 Å². The van der Waals surface area contributed by atoms with E-state index in [2.05, 4.69) is 17.1 Å². The molecule has 1 aromatic rings. The van der Waals surface area contributed by atoms with Crippen molar-refractivity contribution in [1.29, 1.82) is 0 Å². The monoisotopic (exact) mass is 324 g/mol. The van der Waals surface area contributed by atoms with Gasteiger partial charge in [0.15, 0.2) is 18.0 Å². The molecule has 0 fully saturated rings. The van der Waals surface area contributed by atoms with E-state index in [9.17, 15) is 9.59 Å². The van der Waals surface area contributed by atoms with Gasteiger partial charge in [-0.3, -0.25) is 4.79 Å². The molecular weight excluding hydrogens is 300 g/mol. The van der Waals surface area contributed by atoms with Crippen molar-refractivity contribution in [3.05, 3.63) is 24.5 Å². The Balaban J connectivity index is 2.64. The van der Waals surface area contributed by atoms with Gasteiger partial charge in [-0.15, -0.1) is 6.58 Å². The lowest BCUT2D eigenvalue weighted by molar-refractivity contribution is -0.164. The lowest BCUT2D eigenvalue weighted by atomic mass is 10.1. The molecule has 2 unspecified atom stereocenters. The summed E-state index contributed by atoms with van der Waals surface area (Å²) in [7, 11) is 0. The van der Waals surface area contributed by atoms with Crippen LogP contribution in [0.3, 0.4) is 0 Å². The van der Waals surface area contributed by atoms with Crippen molar-refractivity contribution in [2.45, 2.75) is 52.2 Å². The Morgan fingerprint density at radius 2 is 2.26 bits per heavy atom. The van der Waals surface area contributed by atoms with Crippen molar-refractivity contribution < 1.29 is 23.6 Å². The van der Waals surface area contributed by atoms with E-state index in [1.807, 2.05) is 6.92 Å². The van der Waals surface area contributed by atoms with E-state index in [4.69, 9.17) is 14.0 Å². The maximum absolute atomic E-state index is 12.3. The third-order valence-electron chi connectivity index (χ3n) is 3.05. The number of unbranched alkanes of at least 4 members (excludes halogenated alkanes) is 1. The van der Waals surface area contributed by atoms with Crippen LogP contribution in [0.5, 0.6) is 0 Å². The fraction of sp³-hybridized carbons (Fsp3) is 0.562. The highest BCUT2D eigenvalue weighted by Crippen LogP contribution is 2.12. The number of carbonyl (C=O) groups is 2. The summed E-state index contributed by atoms with van der Waals surface area (Å²) in [6.45, 7) is 9.03. The van der Waals surface area contributed by atoms with Crippen LogP contribution >= 0.6 is 0 Å². The summed E-state index contributed by atoms with van der Waals surface area (Å²) in [4.78, 5) is 24.3. The highest BCUT2D eigenvalue weighted by molar-refractivity contribution is 5.94. The van der Waals surface area contributed by atoms with Gasteiger partial charge in [0, 0.05) is 6.07 Å². The van der Waals surface area contributed by atoms with E-state index < -0.39 is 24.1 Å². The number of esters is 1. The number of aryl methyl sites for hydroxylation is 1. The molecule has 0 saturated carbocycles. The molecule has 0 aliphatic rings. The maximum Gasteiger partial charge on any atom is 0.335 e. The molecule has 0 saturated heterocycles. The first-order valence-electron chi connectivity index (χ1n) is 7.65. The first kappa shape index (κ1) is 18.9. The Morgan fingerprint density at radius 3 is 2.83 bits per heavy atom. The fourth-order valence-electron chi connectivity index (χ4n) is 1.78. The van der Waals surface area contributed by atoms with Crippen LogP contribution in [0.1, 0.15) is 38.9 Å². The summed E-state index contributed by atoms with van der Waals surface area (Å²) in [5.41, 5.74) is 0. The summed E-state index contributed by atoms with van der Waals surface area (Å²) in [6.07, 6.45) is 1.95. The number of rotatable bonds is 10. The van der Waals surface area contributed by atoms with Gasteiger partial charge >= 0.3 is 5.97 Å². The topological polar surface area (TPSA) is 90.7 Å². The van der Waals surface area contributed by atoms with E-state index in [0.717, 1.165) is 12.8 Å². The minimum Gasteiger partial charge on any atom is -0.450 e. The van der Waals surface area contributed by atoms with Crippen LogP contribution in [0.15, 0.2) is 23.2 Å². The molecule has 1 rings (SSSR count). The van der Waals surface area contributed by atoms with E-state index in [0.29, 0.717) is 18.0 Å². The van der Waals surface area contributed by atoms with Gasteiger partial charge in [-0.25, -0.2) is 4.79 Å². The van der Waals surface area contributed by atoms with Crippen LogP contribution in [0.4, 0.5) is 5.82 Å². The Bertz CT molecular complexity index is 526. The first-order chi connectivity index (χ1) is 11.0. The average Bonchev–Trinajstić information content (AvgIpc) is 2.93. The molecule has 0 radical (unpaired) electrons. The van der Waals surface area contributed by atoms with E-state index in [1.54, 1.807) is 19.9 Å². The number of hydrogen-bond donors (Lipinski definition) is 1. The van der Waals surface area contributed by atoms with Crippen LogP contribution in [0, 0.1) is 6.92 Å². The number of hydrogen-bond acceptors (Lipinski definition) is 6. The summed E-state index contributed by atoms with van der Waals surface area (Å²) < 4.78 is 15.4. The van der Waals surface area contributed by atoms with Gasteiger partial charge in [0.2, 0.25) is 0 Å². The molecular formula is C16H24N2O5. The Kier molecular flexibility index (Phi) is 8.04. The van der Waals surface area contributed by atoms with Crippen molar-refractivity contribution in [2.75, 3.05) is 11.9 Å². The molecule has 1 aromatic heterocycles. The first-order valence-corrected chi connectivity index (χ1v) is 7.65. The van der Waals surface area contributed by atoms with Crippen LogP contribution in [0.25, 0.3) is 0 Å². The normalized spacial score (nSPS) is 13.2. The van der Waals surface area contributed by atoms with Crippen molar-refractivity contribution in [3.63, 3.8) is 0 Å². The largest absolute Gasteiger partial charge is 0.450 e. The zero-order chi connectivity index (χ0) is 17.2. The van der Waals surface area contributed by atoms with Gasteiger partial charge in [0.25, 0.3) is 5.91 Å². The van der Waals surface area contributed by atoms with Crippen LogP contribution in [-0.2, 0) is 19.1 Å². The standard InChI is InChI=1S/C16H24N2O5/c1-5-7-8-13(22-16(20)12(4)21-9-6-2)15(19)17-14-10-11(3)23-18-14/h6,10,12-13H,2,5,7-9H2,1,3-4H3,(H,17,18,19). The summed E-state index contributed by atoms with van der Waals surface area (Å²) >= 11 is 0. The maximum atomic E-state index is 12.3. The van der Waals surface area contributed by atoms with Crippen molar-refractivity contribution in [2.24, 2.45) is 0 Å². The number of amides is 1. The predicted molar refractivity (Wildman–Crippen MR) is 84.9 cm³/mol. The molecule has 0 spiro atoms. The molecule has 0 aliphatic carbocycles. The quantitative estimate of drug-likeness (QED) is 0.525. The zero-order valence-electron chi connectivity index (χ0n) is 13.8.